The molecule has 0 heterocycles. The van der Waals surface area contributed by atoms with E-state index >= 15 is 0 Å². The molecule has 0 aromatic carbocycles. The first kappa shape index (κ1) is 13.7. The van der Waals surface area contributed by atoms with Gasteiger partial charge in [-0.3, -0.25) is 4.79 Å². The predicted octanol–water partition coefficient (Wildman–Crippen LogP) is 1.02. The highest BCUT2D eigenvalue weighted by atomic mass is 16.4. The first-order valence-electron chi connectivity index (χ1n) is 5.24. The maximum atomic E-state index is 11.5. The van der Waals surface area contributed by atoms with Crippen LogP contribution in [0.4, 0.5) is 0 Å². The van der Waals surface area contributed by atoms with Crippen molar-refractivity contribution in [3.8, 4) is 0 Å². The molecule has 0 aliphatic heterocycles. The fourth-order valence-electron chi connectivity index (χ4n) is 1.22. The van der Waals surface area contributed by atoms with Crippen molar-refractivity contribution in [3.63, 3.8) is 0 Å². The van der Waals surface area contributed by atoms with Crippen molar-refractivity contribution in [3.05, 3.63) is 0 Å². The highest BCUT2D eigenvalue weighted by Crippen LogP contribution is 2.03. The van der Waals surface area contributed by atoms with Crippen LogP contribution in [0.15, 0.2) is 5.16 Å². The topological polar surface area (TPSA) is 78.9 Å². The standard InChI is InChI=1S/C10H21N3O2/c1-4-5-6-9(14)13(3)7-8(2)10(11)12-15/h8,15H,4-7H2,1-3H3,(H2,11,12). The lowest BCUT2D eigenvalue weighted by Gasteiger charge is -2.20. The number of oxime groups is 1. The summed E-state index contributed by atoms with van der Waals surface area (Å²) in [5, 5.41) is 11.4. The third kappa shape index (κ3) is 5.24. The number of nitrogens with zero attached hydrogens (tertiary/aromatic N) is 2. The van der Waals surface area contributed by atoms with Crippen molar-refractivity contribution in [1.29, 1.82) is 0 Å². The van der Waals surface area contributed by atoms with Crippen LogP contribution in [-0.2, 0) is 4.79 Å². The first-order chi connectivity index (χ1) is 7.02. The van der Waals surface area contributed by atoms with E-state index in [0.717, 1.165) is 12.8 Å². The number of unbranched alkanes of at least 4 members (excludes halogenated alkanes) is 1. The Hall–Kier alpha value is -1.26. The van der Waals surface area contributed by atoms with Gasteiger partial charge >= 0.3 is 0 Å². The van der Waals surface area contributed by atoms with E-state index in [1.54, 1.807) is 11.9 Å². The molecule has 0 saturated carbocycles. The molecule has 3 N–H and O–H groups in total. The quantitative estimate of drug-likeness (QED) is 0.300. The van der Waals surface area contributed by atoms with Gasteiger partial charge in [0.2, 0.25) is 5.91 Å². The molecule has 0 fully saturated rings. The van der Waals surface area contributed by atoms with Crippen LogP contribution in [0.25, 0.3) is 0 Å². The molecule has 0 spiro atoms. The number of hydrogen-bond donors (Lipinski definition) is 2. The number of hydrogen-bond acceptors (Lipinski definition) is 3. The minimum atomic E-state index is -0.120. The van der Waals surface area contributed by atoms with Gasteiger partial charge in [-0.25, -0.2) is 0 Å². The summed E-state index contributed by atoms with van der Waals surface area (Å²) in [5.74, 6) is 0.144. The van der Waals surface area contributed by atoms with E-state index in [1.165, 1.54) is 0 Å². The summed E-state index contributed by atoms with van der Waals surface area (Å²) in [7, 11) is 1.74. The van der Waals surface area contributed by atoms with Crippen LogP contribution in [0.5, 0.6) is 0 Å². The number of amides is 1. The van der Waals surface area contributed by atoms with E-state index in [-0.39, 0.29) is 17.7 Å². The summed E-state index contributed by atoms with van der Waals surface area (Å²) in [4.78, 5) is 13.2. The van der Waals surface area contributed by atoms with Gasteiger partial charge in [0.1, 0.15) is 5.84 Å². The van der Waals surface area contributed by atoms with Gasteiger partial charge in [0.15, 0.2) is 0 Å². The summed E-state index contributed by atoms with van der Waals surface area (Å²) in [6.45, 7) is 4.35. The van der Waals surface area contributed by atoms with Crippen LogP contribution < -0.4 is 5.73 Å². The van der Waals surface area contributed by atoms with Gasteiger partial charge in [0.05, 0.1) is 0 Å². The number of rotatable bonds is 6. The Labute approximate surface area is 90.9 Å². The molecule has 15 heavy (non-hydrogen) atoms. The highest BCUT2D eigenvalue weighted by molar-refractivity contribution is 5.83. The fraction of sp³-hybridized carbons (Fsp3) is 0.800. The van der Waals surface area contributed by atoms with Crippen molar-refractivity contribution in [1.82, 2.24) is 4.90 Å². The van der Waals surface area contributed by atoms with Crippen LogP contribution in [-0.4, -0.2) is 35.4 Å². The molecule has 88 valence electrons. The Bertz CT molecular complexity index is 229. The van der Waals surface area contributed by atoms with Gasteiger partial charge in [-0.15, -0.1) is 0 Å². The van der Waals surface area contributed by atoms with Crippen molar-refractivity contribution >= 4 is 11.7 Å². The van der Waals surface area contributed by atoms with Crippen LogP contribution in [0.2, 0.25) is 0 Å². The van der Waals surface area contributed by atoms with Gasteiger partial charge in [-0.1, -0.05) is 25.4 Å². The summed E-state index contributed by atoms with van der Waals surface area (Å²) < 4.78 is 0. The van der Waals surface area contributed by atoms with Gasteiger partial charge in [-0.05, 0) is 6.42 Å². The maximum absolute atomic E-state index is 11.5. The minimum absolute atomic E-state index is 0.106. The number of carbonyl (C=O) groups excluding carboxylic acids is 1. The van der Waals surface area contributed by atoms with Crippen LogP contribution in [0.3, 0.4) is 0 Å². The van der Waals surface area contributed by atoms with E-state index < -0.39 is 0 Å². The van der Waals surface area contributed by atoms with E-state index in [2.05, 4.69) is 5.16 Å². The molecule has 0 bridgehead atoms. The van der Waals surface area contributed by atoms with Gasteiger partial charge < -0.3 is 15.8 Å². The van der Waals surface area contributed by atoms with Crippen molar-refractivity contribution in [2.24, 2.45) is 16.8 Å². The summed E-state index contributed by atoms with van der Waals surface area (Å²) in [5.41, 5.74) is 5.43. The Morgan fingerprint density at radius 3 is 2.67 bits per heavy atom. The second kappa shape index (κ2) is 7.09. The van der Waals surface area contributed by atoms with E-state index in [4.69, 9.17) is 10.9 Å². The molecule has 5 heteroatoms. The molecular weight excluding hydrogens is 194 g/mol. The molecule has 0 aromatic heterocycles. The Kier molecular flexibility index (Phi) is 6.49. The molecule has 0 saturated heterocycles. The van der Waals surface area contributed by atoms with Gasteiger partial charge in [-0.2, -0.15) is 0 Å². The molecule has 1 amide bonds. The largest absolute Gasteiger partial charge is 0.409 e. The third-order valence-corrected chi connectivity index (χ3v) is 2.34. The molecule has 1 atom stereocenters. The van der Waals surface area contributed by atoms with Crippen molar-refractivity contribution < 1.29 is 10.0 Å². The SMILES string of the molecule is CCCCC(=O)N(C)CC(C)C(N)=NO. The van der Waals surface area contributed by atoms with Gasteiger partial charge in [0, 0.05) is 25.9 Å². The lowest BCUT2D eigenvalue weighted by Crippen LogP contribution is -2.36. The molecule has 0 radical (unpaired) electrons. The second-order valence-electron chi connectivity index (χ2n) is 3.80. The first-order valence-corrected chi connectivity index (χ1v) is 5.24. The maximum Gasteiger partial charge on any atom is 0.222 e. The monoisotopic (exact) mass is 215 g/mol. The van der Waals surface area contributed by atoms with E-state index in [1.807, 2.05) is 13.8 Å². The van der Waals surface area contributed by atoms with E-state index in [0.29, 0.717) is 13.0 Å². The lowest BCUT2D eigenvalue weighted by atomic mass is 10.1. The van der Waals surface area contributed by atoms with Crippen molar-refractivity contribution in [2.45, 2.75) is 33.1 Å². The molecule has 0 aliphatic rings. The minimum Gasteiger partial charge on any atom is -0.409 e. The average Bonchev–Trinajstić information content (AvgIpc) is 2.24. The lowest BCUT2D eigenvalue weighted by molar-refractivity contribution is -0.130. The van der Waals surface area contributed by atoms with Crippen LogP contribution in [0, 0.1) is 5.92 Å². The third-order valence-electron chi connectivity index (χ3n) is 2.34. The fourth-order valence-corrected chi connectivity index (χ4v) is 1.22. The Morgan fingerprint density at radius 2 is 2.20 bits per heavy atom. The molecule has 0 rings (SSSR count). The average molecular weight is 215 g/mol. The normalized spacial score (nSPS) is 13.7. The molecule has 1 unspecified atom stereocenters. The number of nitrogens with two attached hydrogens (primary N) is 1. The summed E-state index contributed by atoms with van der Waals surface area (Å²) in [6, 6.07) is 0. The van der Waals surface area contributed by atoms with Crippen molar-refractivity contribution in [2.75, 3.05) is 13.6 Å². The highest BCUT2D eigenvalue weighted by Gasteiger charge is 2.14. The predicted molar refractivity (Wildman–Crippen MR) is 59.7 cm³/mol. The van der Waals surface area contributed by atoms with Crippen LogP contribution in [0.1, 0.15) is 33.1 Å². The smallest absolute Gasteiger partial charge is 0.222 e. The molecular formula is C10H21N3O2. The van der Waals surface area contributed by atoms with E-state index in [9.17, 15) is 4.79 Å². The zero-order valence-corrected chi connectivity index (χ0v) is 9.73. The molecule has 0 aromatic rings. The summed E-state index contributed by atoms with van der Waals surface area (Å²) >= 11 is 0. The summed E-state index contributed by atoms with van der Waals surface area (Å²) in [6.07, 6.45) is 2.48. The molecule has 5 nitrogen and oxygen atoms in total. The second-order valence-corrected chi connectivity index (χ2v) is 3.80. The zero-order chi connectivity index (χ0) is 11.8. The van der Waals surface area contributed by atoms with Gasteiger partial charge in [0.25, 0.3) is 0 Å². The Morgan fingerprint density at radius 1 is 1.60 bits per heavy atom. The molecule has 0 aliphatic carbocycles. The zero-order valence-electron chi connectivity index (χ0n) is 9.73. The van der Waals surface area contributed by atoms with Crippen LogP contribution >= 0.6 is 0 Å². The number of carbonyl (C=O) groups is 1. The Balaban J connectivity index is 4.01. The number of amidine groups is 1.